The van der Waals surface area contributed by atoms with Gasteiger partial charge in [0.25, 0.3) is 0 Å². The summed E-state index contributed by atoms with van der Waals surface area (Å²) in [5, 5.41) is 11.4. The molecule has 19 heavy (non-hydrogen) atoms. The maximum Gasteiger partial charge on any atom is 0.182 e. The fraction of sp³-hybridized carbons (Fsp3) is 0. The number of benzene rings is 2. The van der Waals surface area contributed by atoms with Crippen molar-refractivity contribution in [3.63, 3.8) is 0 Å². The van der Waals surface area contributed by atoms with Crippen LogP contribution in [0.5, 0.6) is 0 Å². The van der Waals surface area contributed by atoms with Gasteiger partial charge in [0.2, 0.25) is 0 Å². The van der Waals surface area contributed by atoms with Gasteiger partial charge in [-0.2, -0.15) is 5.26 Å². The molecule has 3 nitrogen and oxygen atoms in total. The summed E-state index contributed by atoms with van der Waals surface area (Å²) in [6.45, 7) is 0. The van der Waals surface area contributed by atoms with E-state index in [1.165, 1.54) is 18.2 Å². The van der Waals surface area contributed by atoms with E-state index in [1.54, 1.807) is 0 Å². The highest BCUT2D eigenvalue weighted by molar-refractivity contribution is 5.69. The highest BCUT2D eigenvalue weighted by atomic mass is 19.2. The van der Waals surface area contributed by atoms with Gasteiger partial charge in [0, 0.05) is 17.8 Å². The Morgan fingerprint density at radius 3 is 2.47 bits per heavy atom. The number of nitrogens with zero attached hydrogens (tertiary/aromatic N) is 1. The number of anilines is 3. The zero-order valence-corrected chi connectivity index (χ0v) is 9.55. The molecule has 0 unspecified atom stereocenters. The average Bonchev–Trinajstić information content (AvgIpc) is 2.37. The highest BCUT2D eigenvalue weighted by Gasteiger charge is 2.12. The largest absolute Gasteiger partial charge is 0.399 e. The van der Waals surface area contributed by atoms with E-state index in [0.29, 0.717) is 11.8 Å². The summed E-state index contributed by atoms with van der Waals surface area (Å²) in [5.74, 6) is -3.45. The molecule has 0 spiro atoms. The van der Waals surface area contributed by atoms with E-state index in [4.69, 9.17) is 11.0 Å². The minimum Gasteiger partial charge on any atom is -0.399 e. The van der Waals surface area contributed by atoms with Crippen LogP contribution in [0.15, 0.2) is 30.3 Å². The van der Waals surface area contributed by atoms with Crippen molar-refractivity contribution >= 4 is 17.1 Å². The van der Waals surface area contributed by atoms with E-state index in [9.17, 15) is 13.2 Å². The monoisotopic (exact) mass is 263 g/mol. The predicted octanol–water partition coefficient (Wildman–Crippen LogP) is 3.30. The number of hydrogen-bond donors (Lipinski definition) is 2. The van der Waals surface area contributed by atoms with Crippen LogP contribution in [-0.2, 0) is 0 Å². The Labute approximate surface area is 107 Å². The lowest BCUT2D eigenvalue weighted by atomic mass is 10.1. The van der Waals surface area contributed by atoms with Gasteiger partial charge in [-0.25, -0.2) is 13.2 Å². The molecular formula is C13H8F3N3. The summed E-state index contributed by atoms with van der Waals surface area (Å²) in [7, 11) is 0. The molecule has 0 saturated carbocycles. The predicted molar refractivity (Wildman–Crippen MR) is 65.2 cm³/mol. The molecule has 2 aromatic carbocycles. The van der Waals surface area contributed by atoms with Crippen LogP contribution < -0.4 is 11.1 Å². The Morgan fingerprint density at radius 1 is 1.05 bits per heavy atom. The number of rotatable bonds is 2. The molecule has 3 N–H and O–H groups in total. The smallest absolute Gasteiger partial charge is 0.182 e. The second-order valence-electron chi connectivity index (χ2n) is 3.79. The molecule has 2 aromatic rings. The molecule has 6 heteroatoms. The molecule has 0 bridgehead atoms. The van der Waals surface area contributed by atoms with Crippen molar-refractivity contribution in [3.8, 4) is 6.07 Å². The molecule has 0 atom stereocenters. The minimum absolute atomic E-state index is 0.143. The third kappa shape index (κ3) is 2.60. The van der Waals surface area contributed by atoms with Crippen molar-refractivity contribution in [1.29, 1.82) is 5.26 Å². The van der Waals surface area contributed by atoms with E-state index in [1.807, 2.05) is 6.07 Å². The Balaban J connectivity index is 2.45. The highest BCUT2D eigenvalue weighted by Crippen LogP contribution is 2.26. The minimum atomic E-state index is -1.31. The van der Waals surface area contributed by atoms with Crippen LogP contribution in [0.2, 0.25) is 0 Å². The van der Waals surface area contributed by atoms with E-state index in [0.717, 1.165) is 6.07 Å². The zero-order valence-electron chi connectivity index (χ0n) is 9.55. The quantitative estimate of drug-likeness (QED) is 0.645. The van der Waals surface area contributed by atoms with Crippen molar-refractivity contribution in [1.82, 2.24) is 0 Å². The van der Waals surface area contributed by atoms with Crippen LogP contribution in [0, 0.1) is 28.8 Å². The average molecular weight is 263 g/mol. The first kappa shape index (κ1) is 12.8. The normalized spacial score (nSPS) is 10.0. The summed E-state index contributed by atoms with van der Waals surface area (Å²) in [6.07, 6.45) is 0. The van der Waals surface area contributed by atoms with E-state index in [2.05, 4.69) is 5.32 Å². The second kappa shape index (κ2) is 4.90. The number of nitrogens with one attached hydrogen (secondary N) is 1. The molecule has 96 valence electrons. The number of nitrogen functional groups attached to an aromatic ring is 1. The lowest BCUT2D eigenvalue weighted by molar-refractivity contribution is 0.498. The van der Waals surface area contributed by atoms with Crippen LogP contribution >= 0.6 is 0 Å². The van der Waals surface area contributed by atoms with E-state index < -0.39 is 23.1 Å². The summed E-state index contributed by atoms with van der Waals surface area (Å²) < 4.78 is 39.5. The molecule has 0 amide bonds. The van der Waals surface area contributed by atoms with Crippen molar-refractivity contribution in [3.05, 3.63) is 53.3 Å². The standard InChI is InChI=1S/C13H8F3N3/c14-8-4-10(15)13(16)12(5-8)19-11-2-1-9(18)3-7(11)6-17/h1-5,19H,18H2. The number of hydrogen-bond acceptors (Lipinski definition) is 3. The summed E-state index contributed by atoms with van der Waals surface area (Å²) >= 11 is 0. The first-order chi connectivity index (χ1) is 9.01. The van der Waals surface area contributed by atoms with Crippen molar-refractivity contribution < 1.29 is 13.2 Å². The van der Waals surface area contributed by atoms with Crippen LogP contribution in [0.25, 0.3) is 0 Å². The molecule has 0 saturated heterocycles. The van der Waals surface area contributed by atoms with Crippen LogP contribution in [0.3, 0.4) is 0 Å². The van der Waals surface area contributed by atoms with Gasteiger partial charge >= 0.3 is 0 Å². The van der Waals surface area contributed by atoms with E-state index >= 15 is 0 Å². The van der Waals surface area contributed by atoms with Gasteiger partial charge in [-0.05, 0) is 18.2 Å². The van der Waals surface area contributed by atoms with Crippen molar-refractivity contribution in [2.24, 2.45) is 0 Å². The van der Waals surface area contributed by atoms with Crippen LogP contribution in [-0.4, -0.2) is 0 Å². The van der Waals surface area contributed by atoms with Gasteiger partial charge in [-0.15, -0.1) is 0 Å². The van der Waals surface area contributed by atoms with Gasteiger partial charge in [-0.3, -0.25) is 0 Å². The molecular weight excluding hydrogens is 255 g/mol. The second-order valence-corrected chi connectivity index (χ2v) is 3.79. The van der Waals surface area contributed by atoms with Crippen molar-refractivity contribution in [2.75, 3.05) is 11.1 Å². The van der Waals surface area contributed by atoms with Gasteiger partial charge in [-0.1, -0.05) is 0 Å². The Kier molecular flexibility index (Phi) is 3.29. The number of halogens is 3. The zero-order chi connectivity index (χ0) is 14.0. The third-order valence-electron chi connectivity index (χ3n) is 2.43. The lowest BCUT2D eigenvalue weighted by Crippen LogP contribution is -2.00. The van der Waals surface area contributed by atoms with Gasteiger partial charge in [0.05, 0.1) is 16.9 Å². The molecule has 2 rings (SSSR count). The van der Waals surface area contributed by atoms with Crippen molar-refractivity contribution in [2.45, 2.75) is 0 Å². The maximum atomic E-state index is 13.5. The molecule has 0 aliphatic rings. The van der Waals surface area contributed by atoms with Gasteiger partial charge in [0.15, 0.2) is 11.6 Å². The number of nitriles is 1. The lowest BCUT2D eigenvalue weighted by Gasteiger charge is -2.10. The Bertz CT molecular complexity index is 678. The van der Waals surface area contributed by atoms with E-state index in [-0.39, 0.29) is 11.3 Å². The maximum absolute atomic E-state index is 13.5. The van der Waals surface area contributed by atoms with Gasteiger partial charge < -0.3 is 11.1 Å². The first-order valence-corrected chi connectivity index (χ1v) is 5.22. The molecule has 0 heterocycles. The summed E-state index contributed by atoms with van der Waals surface area (Å²) in [4.78, 5) is 0. The number of nitrogens with two attached hydrogens (primary N) is 1. The van der Waals surface area contributed by atoms with Crippen LogP contribution in [0.1, 0.15) is 5.56 Å². The molecule has 0 aliphatic heterocycles. The molecule has 0 radical (unpaired) electrons. The summed E-state index contributed by atoms with van der Waals surface area (Å²) in [5.41, 5.74) is 5.82. The Morgan fingerprint density at radius 2 is 1.79 bits per heavy atom. The van der Waals surface area contributed by atoms with Crippen LogP contribution in [0.4, 0.5) is 30.2 Å². The molecule has 0 fully saturated rings. The summed E-state index contributed by atoms with van der Waals surface area (Å²) in [6, 6.07) is 7.37. The first-order valence-electron chi connectivity index (χ1n) is 5.22. The SMILES string of the molecule is N#Cc1cc(N)ccc1Nc1cc(F)cc(F)c1F. The molecule has 0 aliphatic carbocycles. The molecule has 0 aromatic heterocycles. The topological polar surface area (TPSA) is 61.8 Å². The fourth-order valence-corrected chi connectivity index (χ4v) is 1.56. The Hall–Kier alpha value is -2.68. The third-order valence-corrected chi connectivity index (χ3v) is 2.43. The van der Waals surface area contributed by atoms with Gasteiger partial charge in [0.1, 0.15) is 11.9 Å². The fourth-order valence-electron chi connectivity index (χ4n) is 1.56.